The average Bonchev–Trinajstić information content (AvgIpc) is 3.27. The summed E-state index contributed by atoms with van der Waals surface area (Å²) < 4.78 is 1.77. The van der Waals surface area contributed by atoms with Gasteiger partial charge in [-0.25, -0.2) is 9.67 Å². The summed E-state index contributed by atoms with van der Waals surface area (Å²) in [6.45, 7) is 0.329. The van der Waals surface area contributed by atoms with E-state index in [-0.39, 0.29) is 0 Å². The number of benzene rings is 1. The molecule has 8 heteroatoms. The van der Waals surface area contributed by atoms with Gasteiger partial charge in [-0.05, 0) is 18.2 Å². The molecule has 122 valence electrons. The van der Waals surface area contributed by atoms with Crippen LogP contribution < -0.4 is 10.6 Å². The van der Waals surface area contributed by atoms with Crippen LogP contribution in [-0.2, 0) is 16.0 Å². The second-order valence-electron chi connectivity index (χ2n) is 4.88. The number of nitrogens with zero attached hydrogens (tertiary/aromatic N) is 3. The number of anilines is 1. The Labute approximate surface area is 142 Å². The number of aromatic nitrogens is 3. The van der Waals surface area contributed by atoms with Gasteiger partial charge in [0, 0.05) is 30.7 Å². The van der Waals surface area contributed by atoms with E-state index in [4.69, 9.17) is 0 Å². The van der Waals surface area contributed by atoms with Gasteiger partial charge in [0.2, 0.25) is 0 Å². The van der Waals surface area contributed by atoms with Crippen LogP contribution in [-0.4, -0.2) is 33.1 Å². The van der Waals surface area contributed by atoms with Crippen LogP contribution in [0.5, 0.6) is 0 Å². The molecule has 0 aliphatic carbocycles. The van der Waals surface area contributed by atoms with Crippen molar-refractivity contribution in [2.75, 3.05) is 11.9 Å². The predicted molar refractivity (Wildman–Crippen MR) is 91.0 cm³/mol. The van der Waals surface area contributed by atoms with Gasteiger partial charge in [0.05, 0.1) is 11.4 Å². The monoisotopic (exact) mass is 341 g/mol. The van der Waals surface area contributed by atoms with Crippen LogP contribution in [0.15, 0.2) is 54.2 Å². The first kappa shape index (κ1) is 15.9. The molecule has 0 aliphatic rings. The van der Waals surface area contributed by atoms with Gasteiger partial charge < -0.3 is 5.32 Å². The van der Waals surface area contributed by atoms with Crippen LogP contribution in [0.25, 0.3) is 5.69 Å². The van der Waals surface area contributed by atoms with E-state index in [9.17, 15) is 9.59 Å². The molecule has 0 spiro atoms. The van der Waals surface area contributed by atoms with Gasteiger partial charge in [-0.2, -0.15) is 5.10 Å². The molecule has 2 N–H and O–H groups in total. The molecule has 0 bridgehead atoms. The fourth-order valence-electron chi connectivity index (χ4n) is 2.04. The normalized spacial score (nSPS) is 10.3. The molecule has 3 aromatic rings. The third-order valence-corrected chi connectivity index (χ3v) is 3.88. The number of carbonyl (C=O) groups is 2. The molecule has 24 heavy (non-hydrogen) atoms. The van der Waals surface area contributed by atoms with Gasteiger partial charge in [0.1, 0.15) is 0 Å². The van der Waals surface area contributed by atoms with Gasteiger partial charge in [0.15, 0.2) is 5.13 Å². The predicted octanol–water partition coefficient (Wildman–Crippen LogP) is 1.63. The maximum Gasteiger partial charge on any atom is 0.315 e. The first-order chi connectivity index (χ1) is 11.7. The summed E-state index contributed by atoms with van der Waals surface area (Å²) in [5.41, 5.74) is 1.80. The summed E-state index contributed by atoms with van der Waals surface area (Å²) in [7, 11) is 0. The summed E-state index contributed by atoms with van der Waals surface area (Å²) in [4.78, 5) is 27.3. The third-order valence-electron chi connectivity index (χ3n) is 3.19. The lowest BCUT2D eigenvalue weighted by atomic mass is 10.3. The molecule has 0 saturated heterocycles. The minimum Gasteiger partial charge on any atom is -0.347 e. The largest absolute Gasteiger partial charge is 0.347 e. The molecular weight excluding hydrogens is 326 g/mol. The number of para-hydroxylation sites is 1. The Bertz CT molecular complexity index is 814. The first-order valence-electron chi connectivity index (χ1n) is 7.31. The van der Waals surface area contributed by atoms with E-state index in [0.717, 1.165) is 11.4 Å². The highest BCUT2D eigenvalue weighted by atomic mass is 32.1. The maximum atomic E-state index is 11.7. The minimum absolute atomic E-state index is 0.329. The average molecular weight is 341 g/mol. The van der Waals surface area contributed by atoms with Gasteiger partial charge in [-0.1, -0.05) is 18.2 Å². The minimum atomic E-state index is -0.722. The quantitative estimate of drug-likeness (QED) is 0.690. The highest BCUT2D eigenvalue weighted by molar-refractivity contribution is 7.13. The molecule has 2 amide bonds. The van der Waals surface area contributed by atoms with Crippen LogP contribution >= 0.6 is 11.3 Å². The lowest BCUT2D eigenvalue weighted by molar-refractivity contribution is -0.136. The van der Waals surface area contributed by atoms with Crippen LogP contribution in [0, 0.1) is 0 Å². The van der Waals surface area contributed by atoms with E-state index in [0.29, 0.717) is 18.1 Å². The Morgan fingerprint density at radius 2 is 1.96 bits per heavy atom. The number of nitrogens with one attached hydrogen (secondary N) is 2. The fraction of sp³-hybridized carbons (Fsp3) is 0.125. The van der Waals surface area contributed by atoms with E-state index >= 15 is 0 Å². The van der Waals surface area contributed by atoms with Crippen LogP contribution in [0.4, 0.5) is 5.13 Å². The second kappa shape index (κ2) is 7.51. The van der Waals surface area contributed by atoms with Crippen molar-refractivity contribution in [3.63, 3.8) is 0 Å². The Balaban J connectivity index is 1.47. The molecule has 7 nitrogen and oxygen atoms in total. The van der Waals surface area contributed by atoms with Gasteiger partial charge >= 0.3 is 11.8 Å². The van der Waals surface area contributed by atoms with Crippen LogP contribution in [0.2, 0.25) is 0 Å². The van der Waals surface area contributed by atoms with E-state index in [1.54, 1.807) is 16.3 Å². The zero-order chi connectivity index (χ0) is 16.8. The standard InChI is InChI=1S/C16H15N5O2S/c22-14(15(23)19-16-18-9-11-24-16)17-8-6-12-7-10-21(20-12)13-4-2-1-3-5-13/h1-5,7,9-11H,6,8H2,(H,17,22)(H,18,19,23). The van der Waals surface area contributed by atoms with E-state index < -0.39 is 11.8 Å². The Hall–Kier alpha value is -3.00. The number of carbonyl (C=O) groups excluding carboxylic acids is 2. The Kier molecular flexibility index (Phi) is 4.97. The summed E-state index contributed by atoms with van der Waals surface area (Å²) >= 11 is 1.25. The van der Waals surface area contributed by atoms with Gasteiger partial charge in [0.25, 0.3) is 0 Å². The molecule has 1 aromatic carbocycles. The molecule has 0 unspecified atom stereocenters. The van der Waals surface area contributed by atoms with E-state index in [2.05, 4.69) is 20.7 Å². The van der Waals surface area contributed by atoms with E-state index in [1.165, 1.54) is 11.3 Å². The number of amides is 2. The van der Waals surface area contributed by atoms with Crippen molar-refractivity contribution in [2.24, 2.45) is 0 Å². The second-order valence-corrected chi connectivity index (χ2v) is 5.78. The first-order valence-corrected chi connectivity index (χ1v) is 8.19. The van der Waals surface area contributed by atoms with Gasteiger partial charge in [-0.3, -0.25) is 14.9 Å². The summed E-state index contributed by atoms with van der Waals surface area (Å²) in [6, 6.07) is 11.6. The summed E-state index contributed by atoms with van der Waals surface area (Å²) in [5.74, 6) is -1.41. The molecule has 2 heterocycles. The lowest BCUT2D eigenvalue weighted by Gasteiger charge is -2.03. The van der Waals surface area contributed by atoms with Crippen LogP contribution in [0.1, 0.15) is 5.69 Å². The van der Waals surface area contributed by atoms with Crippen molar-refractivity contribution >= 4 is 28.3 Å². The highest BCUT2D eigenvalue weighted by Crippen LogP contribution is 2.09. The number of rotatable bonds is 5. The molecular formula is C16H15N5O2S. The number of hydrogen-bond acceptors (Lipinski definition) is 5. The molecule has 0 fully saturated rings. The van der Waals surface area contributed by atoms with E-state index in [1.807, 2.05) is 42.6 Å². The van der Waals surface area contributed by atoms with Crippen molar-refractivity contribution in [1.82, 2.24) is 20.1 Å². The van der Waals surface area contributed by atoms with Crippen LogP contribution in [0.3, 0.4) is 0 Å². The zero-order valence-corrected chi connectivity index (χ0v) is 13.5. The Morgan fingerprint density at radius 1 is 1.12 bits per heavy atom. The third kappa shape index (κ3) is 4.05. The van der Waals surface area contributed by atoms with Crippen molar-refractivity contribution < 1.29 is 9.59 Å². The smallest absolute Gasteiger partial charge is 0.315 e. The highest BCUT2D eigenvalue weighted by Gasteiger charge is 2.14. The fourth-order valence-corrected chi connectivity index (χ4v) is 2.57. The van der Waals surface area contributed by atoms with Gasteiger partial charge in [-0.15, -0.1) is 11.3 Å². The molecule has 0 saturated carbocycles. The summed E-state index contributed by atoms with van der Waals surface area (Å²) in [5, 5.41) is 11.6. The van der Waals surface area contributed by atoms with Crippen molar-refractivity contribution in [3.8, 4) is 5.69 Å². The lowest BCUT2D eigenvalue weighted by Crippen LogP contribution is -2.36. The van der Waals surface area contributed by atoms with Crippen molar-refractivity contribution in [1.29, 1.82) is 0 Å². The maximum absolute atomic E-state index is 11.7. The molecule has 2 aromatic heterocycles. The van der Waals surface area contributed by atoms with Crippen molar-refractivity contribution in [2.45, 2.75) is 6.42 Å². The zero-order valence-electron chi connectivity index (χ0n) is 12.7. The molecule has 3 rings (SSSR count). The SMILES string of the molecule is O=C(NCCc1ccn(-c2ccccc2)n1)C(=O)Nc1nccs1. The molecule has 0 atom stereocenters. The number of thiazole rings is 1. The molecule has 0 radical (unpaired) electrons. The van der Waals surface area contributed by atoms with Crippen molar-refractivity contribution in [3.05, 3.63) is 59.9 Å². The number of hydrogen-bond donors (Lipinski definition) is 2. The topological polar surface area (TPSA) is 88.9 Å². The Morgan fingerprint density at radius 3 is 2.71 bits per heavy atom. The molecule has 0 aliphatic heterocycles. The summed E-state index contributed by atoms with van der Waals surface area (Å²) in [6.07, 6.45) is 3.96.